The SMILES string of the molecule is CCCCC(C)CCOc1ccsc1. The Labute approximate surface area is 91.1 Å². The first-order valence-corrected chi connectivity index (χ1v) is 6.42. The molecule has 2 heteroatoms. The zero-order valence-electron chi connectivity index (χ0n) is 9.16. The van der Waals surface area contributed by atoms with Gasteiger partial charge < -0.3 is 4.74 Å². The van der Waals surface area contributed by atoms with Crippen molar-refractivity contribution in [1.29, 1.82) is 0 Å². The van der Waals surface area contributed by atoms with Crippen molar-refractivity contribution in [2.24, 2.45) is 5.92 Å². The van der Waals surface area contributed by atoms with E-state index in [4.69, 9.17) is 4.74 Å². The first-order valence-electron chi connectivity index (χ1n) is 5.48. The largest absolute Gasteiger partial charge is 0.493 e. The summed E-state index contributed by atoms with van der Waals surface area (Å²) in [4.78, 5) is 0. The molecule has 80 valence electrons. The second-order valence-corrected chi connectivity index (χ2v) is 4.62. The van der Waals surface area contributed by atoms with E-state index in [0.717, 1.165) is 18.3 Å². The summed E-state index contributed by atoms with van der Waals surface area (Å²) < 4.78 is 5.61. The lowest BCUT2D eigenvalue weighted by molar-refractivity contribution is 0.278. The molecule has 14 heavy (non-hydrogen) atoms. The molecule has 1 rings (SSSR count). The quantitative estimate of drug-likeness (QED) is 0.653. The normalized spacial score (nSPS) is 12.7. The number of rotatable bonds is 7. The highest BCUT2D eigenvalue weighted by molar-refractivity contribution is 7.08. The Morgan fingerprint density at radius 1 is 1.43 bits per heavy atom. The van der Waals surface area contributed by atoms with Gasteiger partial charge in [-0.3, -0.25) is 0 Å². The van der Waals surface area contributed by atoms with E-state index in [9.17, 15) is 0 Å². The van der Waals surface area contributed by atoms with E-state index < -0.39 is 0 Å². The Kier molecular flexibility index (Phi) is 5.69. The van der Waals surface area contributed by atoms with Crippen molar-refractivity contribution >= 4 is 11.3 Å². The van der Waals surface area contributed by atoms with E-state index in [0.29, 0.717) is 0 Å². The molecule has 1 heterocycles. The lowest BCUT2D eigenvalue weighted by Gasteiger charge is -2.10. The Balaban J connectivity index is 2.03. The molecule has 0 aliphatic rings. The minimum atomic E-state index is 0.800. The molecule has 0 radical (unpaired) electrons. The average Bonchev–Trinajstić information content (AvgIpc) is 2.67. The van der Waals surface area contributed by atoms with Gasteiger partial charge in [0.05, 0.1) is 6.61 Å². The molecule has 1 nitrogen and oxygen atoms in total. The predicted molar refractivity (Wildman–Crippen MR) is 63.1 cm³/mol. The molecule has 0 N–H and O–H groups in total. The second-order valence-electron chi connectivity index (χ2n) is 3.84. The molecule has 0 spiro atoms. The van der Waals surface area contributed by atoms with Crippen molar-refractivity contribution in [2.75, 3.05) is 6.61 Å². The number of hydrogen-bond donors (Lipinski definition) is 0. The van der Waals surface area contributed by atoms with Crippen molar-refractivity contribution in [3.8, 4) is 5.75 Å². The summed E-state index contributed by atoms with van der Waals surface area (Å²) in [6.45, 7) is 5.42. The lowest BCUT2D eigenvalue weighted by atomic mass is 10.0. The molecule has 1 aromatic rings. The summed E-state index contributed by atoms with van der Waals surface area (Å²) in [5, 5.41) is 4.10. The van der Waals surface area contributed by atoms with E-state index in [1.54, 1.807) is 11.3 Å². The minimum absolute atomic E-state index is 0.800. The summed E-state index contributed by atoms with van der Waals surface area (Å²) in [5.74, 6) is 1.83. The fraction of sp³-hybridized carbons (Fsp3) is 0.667. The molecule has 0 saturated heterocycles. The van der Waals surface area contributed by atoms with Gasteiger partial charge in [0.25, 0.3) is 0 Å². The van der Waals surface area contributed by atoms with Crippen LogP contribution < -0.4 is 4.74 Å². The van der Waals surface area contributed by atoms with Crippen LogP contribution in [0.3, 0.4) is 0 Å². The fourth-order valence-electron chi connectivity index (χ4n) is 1.41. The van der Waals surface area contributed by atoms with Crippen LogP contribution in [0.25, 0.3) is 0 Å². The molecule has 1 aromatic heterocycles. The zero-order chi connectivity index (χ0) is 10.2. The van der Waals surface area contributed by atoms with Crippen LogP contribution in [0.1, 0.15) is 39.5 Å². The van der Waals surface area contributed by atoms with E-state index in [2.05, 4.69) is 24.6 Å². The third-order valence-electron chi connectivity index (χ3n) is 2.42. The maximum absolute atomic E-state index is 5.61. The van der Waals surface area contributed by atoms with E-state index in [1.165, 1.54) is 25.7 Å². The van der Waals surface area contributed by atoms with Crippen LogP contribution in [0.4, 0.5) is 0 Å². The second kappa shape index (κ2) is 6.88. The van der Waals surface area contributed by atoms with Crippen LogP contribution in [-0.2, 0) is 0 Å². The van der Waals surface area contributed by atoms with Crippen LogP contribution in [-0.4, -0.2) is 6.61 Å². The molecule has 1 unspecified atom stereocenters. The van der Waals surface area contributed by atoms with Crippen LogP contribution in [0, 0.1) is 5.92 Å². The summed E-state index contributed by atoms with van der Waals surface area (Å²) in [5.41, 5.74) is 0. The summed E-state index contributed by atoms with van der Waals surface area (Å²) >= 11 is 1.69. The first kappa shape index (κ1) is 11.6. The fourth-order valence-corrected chi connectivity index (χ4v) is 1.98. The lowest BCUT2D eigenvalue weighted by Crippen LogP contribution is -2.03. The van der Waals surface area contributed by atoms with Crippen LogP contribution in [0.15, 0.2) is 16.8 Å². The van der Waals surface area contributed by atoms with Gasteiger partial charge in [-0.25, -0.2) is 0 Å². The average molecular weight is 212 g/mol. The maximum Gasteiger partial charge on any atom is 0.129 e. The Morgan fingerprint density at radius 2 is 2.29 bits per heavy atom. The summed E-state index contributed by atoms with van der Waals surface area (Å²) in [6.07, 6.45) is 5.16. The Morgan fingerprint density at radius 3 is 2.93 bits per heavy atom. The van der Waals surface area contributed by atoms with E-state index in [-0.39, 0.29) is 0 Å². The predicted octanol–water partition coefficient (Wildman–Crippen LogP) is 4.34. The van der Waals surface area contributed by atoms with Gasteiger partial charge in [0, 0.05) is 5.38 Å². The van der Waals surface area contributed by atoms with Gasteiger partial charge in [0.1, 0.15) is 5.75 Å². The summed E-state index contributed by atoms with van der Waals surface area (Å²) in [7, 11) is 0. The molecule has 0 bridgehead atoms. The van der Waals surface area contributed by atoms with Crippen molar-refractivity contribution < 1.29 is 4.74 Å². The molecule has 0 fully saturated rings. The highest BCUT2D eigenvalue weighted by Gasteiger charge is 2.01. The number of ether oxygens (including phenoxy) is 1. The van der Waals surface area contributed by atoms with Crippen LogP contribution >= 0.6 is 11.3 Å². The van der Waals surface area contributed by atoms with E-state index >= 15 is 0 Å². The molecule has 0 saturated carbocycles. The van der Waals surface area contributed by atoms with Gasteiger partial charge in [0.15, 0.2) is 0 Å². The van der Waals surface area contributed by atoms with Crippen molar-refractivity contribution in [2.45, 2.75) is 39.5 Å². The number of thiophene rings is 1. The molecule has 0 amide bonds. The molecule has 0 aliphatic carbocycles. The number of unbranched alkanes of at least 4 members (excludes halogenated alkanes) is 1. The molecule has 0 aromatic carbocycles. The standard InChI is InChI=1S/C12H20OS/c1-3-4-5-11(2)6-8-13-12-7-9-14-10-12/h7,9-11H,3-6,8H2,1-2H3. The Bertz CT molecular complexity index is 218. The minimum Gasteiger partial charge on any atom is -0.493 e. The zero-order valence-corrected chi connectivity index (χ0v) is 9.98. The van der Waals surface area contributed by atoms with Crippen molar-refractivity contribution in [1.82, 2.24) is 0 Å². The van der Waals surface area contributed by atoms with Gasteiger partial charge in [-0.2, -0.15) is 0 Å². The van der Waals surface area contributed by atoms with Crippen LogP contribution in [0.5, 0.6) is 5.75 Å². The van der Waals surface area contributed by atoms with Gasteiger partial charge in [0.2, 0.25) is 0 Å². The van der Waals surface area contributed by atoms with Gasteiger partial charge in [-0.1, -0.05) is 33.1 Å². The van der Waals surface area contributed by atoms with Gasteiger partial charge in [-0.15, -0.1) is 11.3 Å². The number of hydrogen-bond acceptors (Lipinski definition) is 2. The maximum atomic E-state index is 5.61. The molecular formula is C12H20OS. The van der Waals surface area contributed by atoms with Crippen molar-refractivity contribution in [3.63, 3.8) is 0 Å². The summed E-state index contributed by atoms with van der Waals surface area (Å²) in [6, 6.07) is 2.03. The highest BCUT2D eigenvalue weighted by Crippen LogP contribution is 2.17. The van der Waals surface area contributed by atoms with Crippen molar-refractivity contribution in [3.05, 3.63) is 16.8 Å². The molecular weight excluding hydrogens is 192 g/mol. The molecule has 1 atom stereocenters. The smallest absolute Gasteiger partial charge is 0.129 e. The molecule has 0 aliphatic heterocycles. The van der Waals surface area contributed by atoms with Gasteiger partial charge in [-0.05, 0) is 23.8 Å². The van der Waals surface area contributed by atoms with E-state index in [1.807, 2.05) is 6.07 Å². The highest BCUT2D eigenvalue weighted by atomic mass is 32.1. The first-order chi connectivity index (χ1) is 6.83. The van der Waals surface area contributed by atoms with Gasteiger partial charge >= 0.3 is 0 Å². The third-order valence-corrected chi connectivity index (χ3v) is 3.09. The van der Waals surface area contributed by atoms with Crippen LogP contribution in [0.2, 0.25) is 0 Å². The Hall–Kier alpha value is -0.500. The monoisotopic (exact) mass is 212 g/mol. The topological polar surface area (TPSA) is 9.23 Å². The third kappa shape index (κ3) is 4.66.